The van der Waals surface area contributed by atoms with Gasteiger partial charge < -0.3 is 0 Å². The maximum atomic E-state index is 9.18. The minimum atomic E-state index is -6.50. The molecule has 4 aromatic carbocycles. The molecule has 0 radical (unpaired) electrons. The fourth-order valence-electron chi connectivity index (χ4n) is 11.3. The van der Waals surface area contributed by atoms with Crippen molar-refractivity contribution in [2.45, 2.75) is 68.9 Å². The third-order valence-electron chi connectivity index (χ3n) is 13.3. The topological polar surface area (TPSA) is 26.3 Å². The molecule has 10 rings (SSSR count). The van der Waals surface area contributed by atoms with E-state index in [4.69, 9.17) is 8.83 Å². The van der Waals surface area contributed by atoms with E-state index < -0.39 is 12.0 Å². The summed E-state index contributed by atoms with van der Waals surface area (Å²) in [5.41, 5.74) is 18.0. The molecule has 2 nitrogen and oxygen atoms in total. The van der Waals surface area contributed by atoms with Gasteiger partial charge in [0, 0.05) is 0 Å². The SMILES string of the molecule is Cc1ccc(C2=Cc3c(cc4c(c3-c3ccccc3)CCC4)[CH]2[Zr]([CH3])([CH3])(=[SiH2])([Cl])([Cl])[CH]2C(c3ccc(C)o3)=Cc3c2cc2c(c3-c3ccccc3)CCC2)o1. The number of benzene rings is 4. The maximum absolute atomic E-state index is 9.18. The Kier molecular flexibility index (Phi) is 7.08. The molecule has 0 spiro atoms. The molecule has 0 amide bonds. The van der Waals surface area contributed by atoms with Crippen LogP contribution in [-0.4, -0.2) is 6.88 Å². The first-order valence-corrected chi connectivity index (χ1v) is 39.7. The molecule has 6 heteroatoms. The Balaban J connectivity index is 1.32. The summed E-state index contributed by atoms with van der Waals surface area (Å²) < 4.78 is 17.2. The third-order valence-corrected chi connectivity index (χ3v) is 37.8. The fraction of sp³-hybridized carbons (Fsp3) is 0.250. The van der Waals surface area contributed by atoms with Crippen LogP contribution in [0.25, 0.3) is 45.6 Å². The Morgan fingerprint density at radius 1 is 0.574 bits per heavy atom. The van der Waals surface area contributed by atoms with Crippen LogP contribution in [-0.2, 0) is 37.7 Å². The third kappa shape index (κ3) is 5.12. The summed E-state index contributed by atoms with van der Waals surface area (Å²) in [5.74, 6) is 3.43. The average Bonchev–Trinajstić information content (AvgIpc) is 3.98. The Bertz CT molecular complexity index is 2600. The summed E-state index contributed by atoms with van der Waals surface area (Å²) in [5, 5.41) is 0. The number of aryl methyl sites for hydroxylation is 4. The predicted octanol–water partition coefficient (Wildman–Crippen LogP) is 13.4. The number of hydrogen-bond acceptors (Lipinski definition) is 2. The van der Waals surface area contributed by atoms with Crippen LogP contribution in [0.15, 0.2) is 106 Å². The Morgan fingerprint density at radius 2 is 0.981 bits per heavy atom. The van der Waals surface area contributed by atoms with E-state index in [1.165, 1.54) is 66.8 Å². The van der Waals surface area contributed by atoms with Crippen LogP contribution in [0.3, 0.4) is 0 Å². The van der Waals surface area contributed by atoms with Crippen LogP contribution in [0, 0.1) is 13.8 Å². The predicted molar refractivity (Wildman–Crippen MR) is 228 cm³/mol. The van der Waals surface area contributed by atoms with Gasteiger partial charge in [0.25, 0.3) is 0 Å². The first-order valence-electron chi connectivity index (χ1n) is 19.6. The molecule has 0 aliphatic heterocycles. The van der Waals surface area contributed by atoms with Crippen LogP contribution >= 0.6 is 17.0 Å². The first kappa shape index (κ1) is 35.0. The van der Waals surface area contributed by atoms with Crippen LogP contribution in [0.1, 0.15) is 87.6 Å². The zero-order valence-corrected chi connectivity index (χ0v) is 37.0. The molecule has 2 heterocycles. The van der Waals surface area contributed by atoms with Crippen molar-refractivity contribution < 1.29 is 20.9 Å². The van der Waals surface area contributed by atoms with Crippen molar-refractivity contribution in [2.24, 2.45) is 0 Å². The zero-order valence-electron chi connectivity index (χ0n) is 31.6. The summed E-state index contributed by atoms with van der Waals surface area (Å²) in [7, 11) is 18.4. The van der Waals surface area contributed by atoms with Gasteiger partial charge in [-0.05, 0) is 0 Å². The first-order chi connectivity index (χ1) is 25.6. The van der Waals surface area contributed by atoms with Gasteiger partial charge in [-0.2, -0.15) is 0 Å². The van der Waals surface area contributed by atoms with Gasteiger partial charge in [0.15, 0.2) is 0 Å². The molecule has 0 fully saturated rings. The summed E-state index contributed by atoms with van der Waals surface area (Å²) in [6.45, 7) is 6.00. The molecule has 4 aliphatic rings. The summed E-state index contributed by atoms with van der Waals surface area (Å²) >= 11 is -6.50. The standard InChI is InChI=1S/2C23H19O.2CH3.2ClH.H2Si.Zr/c2*1-15-10-11-22(24-15)19-13-18-12-17-8-5-9-20(17)23(21(18)14-19)16-6-3-2-4-7-16;;;;;;/h2*2-4,6-7,10-14H,5,8-9H2,1H3;2*1H3;2*1H;1H2;/q;;;;;;;+2/p-2. The summed E-state index contributed by atoms with van der Waals surface area (Å²) in [6, 6.07) is 35.2. The second-order valence-electron chi connectivity index (χ2n) is 18.6. The second kappa shape index (κ2) is 10.9. The van der Waals surface area contributed by atoms with Crippen LogP contribution in [0.2, 0.25) is 9.26 Å². The quantitative estimate of drug-likeness (QED) is 0.156. The number of allylic oxidation sites excluding steroid dienone is 2. The van der Waals surface area contributed by atoms with E-state index in [9.17, 15) is 17.0 Å². The van der Waals surface area contributed by atoms with Gasteiger partial charge in [0.05, 0.1) is 0 Å². The molecule has 2 unspecified atom stereocenters. The van der Waals surface area contributed by atoms with E-state index in [0.29, 0.717) is 0 Å². The number of halogens is 2. The molecule has 6 aromatic rings. The van der Waals surface area contributed by atoms with Crippen molar-refractivity contribution in [1.82, 2.24) is 0 Å². The number of fused-ring (bicyclic) bond motifs is 4. The molecule has 0 saturated carbocycles. The van der Waals surface area contributed by atoms with Gasteiger partial charge in [0.1, 0.15) is 0 Å². The molecule has 0 bridgehead atoms. The molecule has 54 heavy (non-hydrogen) atoms. The van der Waals surface area contributed by atoms with Crippen molar-refractivity contribution >= 4 is 47.2 Å². The van der Waals surface area contributed by atoms with Gasteiger partial charge in [-0.25, -0.2) is 0 Å². The van der Waals surface area contributed by atoms with E-state index in [1.54, 1.807) is 0 Å². The van der Waals surface area contributed by atoms with E-state index in [0.717, 1.165) is 72.7 Å². The van der Waals surface area contributed by atoms with E-state index in [1.807, 2.05) is 20.7 Å². The van der Waals surface area contributed by atoms with Crippen LogP contribution in [0.4, 0.5) is 0 Å². The molecule has 272 valence electrons. The van der Waals surface area contributed by atoms with Gasteiger partial charge in [-0.15, -0.1) is 0 Å². The van der Waals surface area contributed by atoms with Gasteiger partial charge in [-0.3, -0.25) is 0 Å². The van der Waals surface area contributed by atoms with E-state index >= 15 is 0 Å². The molecule has 4 aliphatic carbocycles. The van der Waals surface area contributed by atoms with Crippen molar-refractivity contribution in [3.8, 4) is 22.3 Å². The van der Waals surface area contributed by atoms with Crippen LogP contribution in [0.5, 0.6) is 0 Å². The van der Waals surface area contributed by atoms with Crippen molar-refractivity contribution in [1.29, 1.82) is 0 Å². The molecular weight excluding hydrogens is 799 g/mol. The van der Waals surface area contributed by atoms with E-state index in [2.05, 4.69) is 118 Å². The van der Waals surface area contributed by atoms with Crippen molar-refractivity contribution in [2.75, 3.05) is 0 Å². The Morgan fingerprint density at radius 3 is 1.35 bits per heavy atom. The second-order valence-corrected chi connectivity index (χ2v) is 86.7. The number of hydrogen-bond donors (Lipinski definition) is 0. The van der Waals surface area contributed by atoms with Gasteiger partial charge in [-0.1, -0.05) is 0 Å². The number of furan rings is 2. The monoisotopic (exact) mass is 842 g/mol. The normalized spacial score (nSPS) is 20.6. The molecule has 2 atom stereocenters. The average molecular weight is 845 g/mol. The molecule has 0 N–H and O–H groups in total. The summed E-state index contributed by atoms with van der Waals surface area (Å²) in [6.07, 6.45) is 11.3. The number of rotatable bonds is 6. The fourth-order valence-corrected chi connectivity index (χ4v) is 37.5. The summed E-state index contributed by atoms with van der Waals surface area (Å²) in [4.78, 5) is 0. The minimum absolute atomic E-state index is 0.318. The Hall–Kier alpha value is -3.40. The van der Waals surface area contributed by atoms with E-state index in [-0.39, 0.29) is 7.25 Å². The van der Waals surface area contributed by atoms with Crippen LogP contribution < -0.4 is 0 Å². The Labute approximate surface area is 321 Å². The molecule has 2 aromatic heterocycles. The molecule has 0 saturated heterocycles. The van der Waals surface area contributed by atoms with Crippen molar-refractivity contribution in [3.05, 3.63) is 165 Å². The van der Waals surface area contributed by atoms with Gasteiger partial charge >= 0.3 is 324 Å². The van der Waals surface area contributed by atoms with Gasteiger partial charge in [0.2, 0.25) is 0 Å². The zero-order chi connectivity index (χ0) is 37.3. The molecular formula is C48H46Cl2O2SiZr. The van der Waals surface area contributed by atoms with Crippen molar-refractivity contribution in [3.63, 3.8) is 0 Å².